The van der Waals surface area contributed by atoms with Gasteiger partial charge in [-0.2, -0.15) is 0 Å². The van der Waals surface area contributed by atoms with Crippen LogP contribution in [0.3, 0.4) is 0 Å². The van der Waals surface area contributed by atoms with Crippen LogP contribution in [0.1, 0.15) is 19.8 Å². The van der Waals surface area contributed by atoms with Crippen LogP contribution in [0.15, 0.2) is 0 Å². The average molecular weight is 283 g/mol. The van der Waals surface area contributed by atoms with Crippen molar-refractivity contribution in [3.05, 3.63) is 0 Å². The van der Waals surface area contributed by atoms with Crippen molar-refractivity contribution >= 4 is 23.8 Å². The monoisotopic (exact) mass is 283 g/mol. The number of hydrogen-bond acceptors (Lipinski definition) is 4. The number of amides is 4. The van der Waals surface area contributed by atoms with Gasteiger partial charge >= 0.3 is 12.0 Å². The highest BCUT2D eigenvalue weighted by Crippen LogP contribution is 2.39. The van der Waals surface area contributed by atoms with Crippen LogP contribution in [0.25, 0.3) is 0 Å². The fraction of sp³-hybridized carbons (Fsp3) is 0.667. The largest absolute Gasteiger partial charge is 0.480 e. The molecular weight excluding hydrogens is 266 g/mol. The van der Waals surface area contributed by atoms with Crippen molar-refractivity contribution in [1.82, 2.24) is 15.1 Å². The minimum absolute atomic E-state index is 0.0645. The molecule has 0 radical (unpaired) electrons. The first-order valence-electron chi connectivity index (χ1n) is 6.35. The molecule has 2 aliphatic rings. The molecule has 0 aromatic carbocycles. The molecule has 0 aromatic rings. The minimum Gasteiger partial charge on any atom is -0.480 e. The quantitative estimate of drug-likeness (QED) is 0.646. The normalized spacial score (nSPS) is 21.9. The Morgan fingerprint density at radius 3 is 2.40 bits per heavy atom. The zero-order chi connectivity index (χ0) is 15.1. The van der Waals surface area contributed by atoms with Gasteiger partial charge in [0.05, 0.1) is 0 Å². The Balaban J connectivity index is 2.00. The molecule has 2 rings (SSSR count). The van der Waals surface area contributed by atoms with E-state index in [1.54, 1.807) is 0 Å². The number of hydrogen-bond donors (Lipinski definition) is 2. The van der Waals surface area contributed by atoms with Crippen LogP contribution < -0.4 is 5.32 Å². The fourth-order valence-electron chi connectivity index (χ4n) is 2.29. The molecule has 4 amide bonds. The van der Waals surface area contributed by atoms with Gasteiger partial charge in [-0.15, -0.1) is 0 Å². The van der Waals surface area contributed by atoms with Gasteiger partial charge in [-0.3, -0.25) is 14.5 Å². The lowest BCUT2D eigenvalue weighted by Crippen LogP contribution is -2.56. The first kappa shape index (κ1) is 14.3. The van der Waals surface area contributed by atoms with Crippen LogP contribution >= 0.6 is 0 Å². The molecule has 8 nitrogen and oxygen atoms in total. The van der Waals surface area contributed by atoms with Gasteiger partial charge in [0.1, 0.15) is 18.6 Å². The standard InChI is InChI=1S/C12H17N3O5/c1-12(10(18)19,7-3-4-7)13-8(16)5-15-9(17)6-14(2)11(15)20/h7H,3-6H2,1-2H3,(H,13,16)(H,18,19). The van der Waals surface area contributed by atoms with E-state index in [-0.39, 0.29) is 12.5 Å². The van der Waals surface area contributed by atoms with Gasteiger partial charge in [0.2, 0.25) is 5.91 Å². The first-order valence-corrected chi connectivity index (χ1v) is 6.35. The maximum absolute atomic E-state index is 11.9. The maximum atomic E-state index is 11.9. The van der Waals surface area contributed by atoms with Crippen LogP contribution in [0.2, 0.25) is 0 Å². The molecular formula is C12H17N3O5. The summed E-state index contributed by atoms with van der Waals surface area (Å²) in [5, 5.41) is 11.7. The Hall–Kier alpha value is -2.12. The van der Waals surface area contributed by atoms with Crippen LogP contribution in [0.4, 0.5) is 4.79 Å². The summed E-state index contributed by atoms with van der Waals surface area (Å²) in [4.78, 5) is 48.4. The Morgan fingerprint density at radius 1 is 1.40 bits per heavy atom. The molecule has 0 bridgehead atoms. The molecule has 1 saturated carbocycles. The molecule has 2 N–H and O–H groups in total. The molecule has 110 valence electrons. The Labute approximate surface area is 115 Å². The van der Waals surface area contributed by atoms with Crippen LogP contribution in [0, 0.1) is 5.92 Å². The van der Waals surface area contributed by atoms with Gasteiger partial charge in [-0.05, 0) is 25.7 Å². The first-order chi connectivity index (χ1) is 9.25. The lowest BCUT2D eigenvalue weighted by atomic mass is 9.96. The van der Waals surface area contributed by atoms with Gasteiger partial charge in [-0.25, -0.2) is 9.59 Å². The number of rotatable bonds is 5. The summed E-state index contributed by atoms with van der Waals surface area (Å²) in [6.07, 6.45) is 1.49. The lowest BCUT2D eigenvalue weighted by Gasteiger charge is -2.27. The summed E-state index contributed by atoms with van der Waals surface area (Å²) in [5.74, 6) is -2.31. The maximum Gasteiger partial charge on any atom is 0.329 e. The number of carboxylic acids is 1. The van der Waals surface area contributed by atoms with E-state index in [0.29, 0.717) is 0 Å². The number of urea groups is 1. The number of carbonyl (C=O) groups is 4. The second-order valence-electron chi connectivity index (χ2n) is 5.45. The molecule has 1 unspecified atom stereocenters. The van der Waals surface area contributed by atoms with E-state index >= 15 is 0 Å². The summed E-state index contributed by atoms with van der Waals surface area (Å²) in [6.45, 7) is 0.938. The van der Waals surface area contributed by atoms with E-state index in [4.69, 9.17) is 0 Å². The van der Waals surface area contributed by atoms with Gasteiger partial charge in [0.25, 0.3) is 5.91 Å². The molecule has 1 aliphatic heterocycles. The van der Waals surface area contributed by atoms with Gasteiger partial charge in [0, 0.05) is 7.05 Å². The Kier molecular flexibility index (Phi) is 3.41. The van der Waals surface area contributed by atoms with Crippen molar-refractivity contribution in [3.63, 3.8) is 0 Å². The van der Waals surface area contributed by atoms with E-state index in [1.165, 1.54) is 18.9 Å². The third kappa shape index (κ3) is 2.45. The summed E-state index contributed by atoms with van der Waals surface area (Å²) in [5.41, 5.74) is -1.34. The molecule has 1 saturated heterocycles. The smallest absolute Gasteiger partial charge is 0.329 e. The number of carbonyl (C=O) groups excluding carboxylic acids is 3. The SMILES string of the molecule is CN1CC(=O)N(CC(=O)NC(C)(C(=O)O)C2CC2)C1=O. The van der Waals surface area contributed by atoms with Crippen molar-refractivity contribution < 1.29 is 24.3 Å². The highest BCUT2D eigenvalue weighted by Gasteiger charge is 2.49. The van der Waals surface area contributed by atoms with Crippen LogP contribution in [-0.4, -0.2) is 64.4 Å². The Morgan fingerprint density at radius 2 is 2.00 bits per heavy atom. The highest BCUT2D eigenvalue weighted by atomic mass is 16.4. The van der Waals surface area contributed by atoms with Gasteiger partial charge < -0.3 is 15.3 Å². The van der Waals surface area contributed by atoms with Crippen molar-refractivity contribution in [2.24, 2.45) is 5.92 Å². The van der Waals surface area contributed by atoms with Crippen LogP contribution in [-0.2, 0) is 14.4 Å². The zero-order valence-electron chi connectivity index (χ0n) is 11.4. The molecule has 1 heterocycles. The predicted molar refractivity (Wildman–Crippen MR) is 66.6 cm³/mol. The molecule has 8 heteroatoms. The Bertz CT molecular complexity index is 487. The number of carboxylic acid groups (broad SMARTS) is 1. The molecule has 1 atom stereocenters. The predicted octanol–water partition coefficient (Wildman–Crippen LogP) is -0.750. The third-order valence-electron chi connectivity index (χ3n) is 3.77. The number of imide groups is 1. The summed E-state index contributed by atoms with van der Waals surface area (Å²) >= 11 is 0. The number of nitrogens with zero attached hydrogens (tertiary/aromatic N) is 2. The number of nitrogens with one attached hydrogen (secondary N) is 1. The number of aliphatic carboxylic acids is 1. The van der Waals surface area contributed by atoms with Crippen molar-refractivity contribution in [3.8, 4) is 0 Å². The van der Waals surface area contributed by atoms with Crippen molar-refractivity contribution in [1.29, 1.82) is 0 Å². The highest BCUT2D eigenvalue weighted by molar-refractivity contribution is 6.04. The second kappa shape index (κ2) is 4.77. The lowest BCUT2D eigenvalue weighted by molar-refractivity contribution is -0.148. The van der Waals surface area contributed by atoms with Crippen molar-refractivity contribution in [2.75, 3.05) is 20.1 Å². The van der Waals surface area contributed by atoms with Gasteiger partial charge in [-0.1, -0.05) is 0 Å². The molecule has 1 aliphatic carbocycles. The molecule has 2 fully saturated rings. The second-order valence-corrected chi connectivity index (χ2v) is 5.45. The summed E-state index contributed by atoms with van der Waals surface area (Å²) in [7, 11) is 1.46. The molecule has 20 heavy (non-hydrogen) atoms. The van der Waals surface area contributed by atoms with Crippen LogP contribution in [0.5, 0.6) is 0 Å². The number of likely N-dealkylation sites (N-methyl/N-ethyl adjacent to an activating group) is 1. The minimum atomic E-state index is -1.34. The average Bonchev–Trinajstić information content (AvgIpc) is 3.15. The summed E-state index contributed by atoms with van der Waals surface area (Å²) < 4.78 is 0. The van der Waals surface area contributed by atoms with E-state index in [0.717, 1.165) is 17.7 Å². The van der Waals surface area contributed by atoms with E-state index in [9.17, 15) is 24.3 Å². The van der Waals surface area contributed by atoms with Gasteiger partial charge in [0.15, 0.2) is 0 Å². The fourth-order valence-corrected chi connectivity index (χ4v) is 2.29. The third-order valence-corrected chi connectivity index (χ3v) is 3.77. The van der Waals surface area contributed by atoms with Crippen molar-refractivity contribution in [2.45, 2.75) is 25.3 Å². The zero-order valence-corrected chi connectivity index (χ0v) is 11.4. The van der Waals surface area contributed by atoms with E-state index in [2.05, 4.69) is 5.32 Å². The van der Waals surface area contributed by atoms with E-state index in [1.807, 2.05) is 0 Å². The summed E-state index contributed by atoms with van der Waals surface area (Å²) in [6, 6.07) is -0.548. The molecule has 0 aromatic heterocycles. The van der Waals surface area contributed by atoms with E-state index < -0.39 is 35.9 Å². The molecule has 0 spiro atoms. The topological polar surface area (TPSA) is 107 Å².